The first kappa shape index (κ1) is 14.5. The average molecular weight is 307 g/mol. The van der Waals surface area contributed by atoms with Crippen LogP contribution >= 0.6 is 0 Å². The van der Waals surface area contributed by atoms with Gasteiger partial charge in [0.05, 0.1) is 22.5 Å². The molecule has 3 rings (SSSR count). The number of hydrogen-bond acceptors (Lipinski definition) is 4. The molecule has 21 heavy (non-hydrogen) atoms. The molecule has 0 aliphatic carbocycles. The summed E-state index contributed by atoms with van der Waals surface area (Å²) >= 11 is 0. The average Bonchev–Trinajstić information content (AvgIpc) is 2.99. The zero-order chi connectivity index (χ0) is 14.9. The van der Waals surface area contributed by atoms with Crippen LogP contribution in [0, 0.1) is 0 Å². The first-order valence-electron chi connectivity index (χ1n) is 7.47. The molecule has 1 aliphatic rings. The molecule has 0 amide bonds. The lowest BCUT2D eigenvalue weighted by Gasteiger charge is -2.13. The van der Waals surface area contributed by atoms with Crippen LogP contribution in [0.1, 0.15) is 19.2 Å². The SMILES string of the molecule is CCc1nc2ccccc2n1CCNC1CCS(=O)(=O)C1. The molecule has 0 saturated carbocycles. The molecule has 1 N–H and O–H groups in total. The van der Waals surface area contributed by atoms with Crippen LogP contribution < -0.4 is 5.32 Å². The summed E-state index contributed by atoms with van der Waals surface area (Å²) in [7, 11) is -2.81. The maximum Gasteiger partial charge on any atom is 0.151 e. The van der Waals surface area contributed by atoms with Crippen molar-refractivity contribution >= 4 is 20.9 Å². The number of benzene rings is 1. The van der Waals surface area contributed by atoms with Gasteiger partial charge in [-0.05, 0) is 18.6 Å². The lowest BCUT2D eigenvalue weighted by Crippen LogP contribution is -2.32. The van der Waals surface area contributed by atoms with Gasteiger partial charge in [0.15, 0.2) is 9.84 Å². The molecule has 6 heteroatoms. The molecule has 0 radical (unpaired) electrons. The Balaban J connectivity index is 1.68. The third-order valence-electron chi connectivity index (χ3n) is 4.05. The van der Waals surface area contributed by atoms with Gasteiger partial charge in [-0.25, -0.2) is 13.4 Å². The minimum absolute atomic E-state index is 0.106. The van der Waals surface area contributed by atoms with Crippen LogP contribution in [-0.4, -0.2) is 42.1 Å². The number of fused-ring (bicyclic) bond motifs is 1. The van der Waals surface area contributed by atoms with Crippen LogP contribution in [0.2, 0.25) is 0 Å². The Morgan fingerprint density at radius 3 is 2.90 bits per heavy atom. The van der Waals surface area contributed by atoms with Gasteiger partial charge >= 0.3 is 0 Å². The summed E-state index contributed by atoms with van der Waals surface area (Å²) in [6.45, 7) is 3.70. The number of imidazole rings is 1. The number of aromatic nitrogens is 2. The molecule has 1 fully saturated rings. The van der Waals surface area contributed by atoms with E-state index in [9.17, 15) is 8.42 Å². The number of aryl methyl sites for hydroxylation is 1. The molecule has 1 unspecified atom stereocenters. The van der Waals surface area contributed by atoms with Crippen LogP contribution in [0.15, 0.2) is 24.3 Å². The van der Waals surface area contributed by atoms with Crippen molar-refractivity contribution in [3.63, 3.8) is 0 Å². The number of nitrogens with zero attached hydrogens (tertiary/aromatic N) is 2. The fraction of sp³-hybridized carbons (Fsp3) is 0.533. The van der Waals surface area contributed by atoms with Crippen molar-refractivity contribution in [2.45, 2.75) is 32.4 Å². The summed E-state index contributed by atoms with van der Waals surface area (Å²) in [6.07, 6.45) is 1.63. The zero-order valence-electron chi connectivity index (χ0n) is 12.2. The third-order valence-corrected chi connectivity index (χ3v) is 5.82. The first-order valence-corrected chi connectivity index (χ1v) is 9.29. The second kappa shape index (κ2) is 5.77. The summed E-state index contributed by atoms with van der Waals surface area (Å²) < 4.78 is 25.1. The molecule has 114 valence electrons. The predicted octanol–water partition coefficient (Wildman–Crippen LogP) is 1.38. The van der Waals surface area contributed by atoms with Crippen molar-refractivity contribution in [2.75, 3.05) is 18.1 Å². The molecule has 5 nitrogen and oxygen atoms in total. The van der Waals surface area contributed by atoms with E-state index in [-0.39, 0.29) is 11.8 Å². The Labute approximate surface area is 125 Å². The fourth-order valence-corrected chi connectivity index (χ4v) is 4.69. The quantitative estimate of drug-likeness (QED) is 0.906. The highest BCUT2D eigenvalue weighted by molar-refractivity contribution is 7.91. The minimum Gasteiger partial charge on any atom is -0.327 e. The number of nitrogens with one attached hydrogen (secondary N) is 1. The van der Waals surface area contributed by atoms with Gasteiger partial charge in [0.1, 0.15) is 5.82 Å². The van der Waals surface area contributed by atoms with Gasteiger partial charge in [0.2, 0.25) is 0 Å². The van der Waals surface area contributed by atoms with E-state index < -0.39 is 9.84 Å². The summed E-state index contributed by atoms with van der Waals surface area (Å²) in [6, 6.07) is 8.25. The summed E-state index contributed by atoms with van der Waals surface area (Å²) in [5.41, 5.74) is 2.17. The predicted molar refractivity (Wildman–Crippen MR) is 84.2 cm³/mol. The molecule has 2 heterocycles. The number of para-hydroxylation sites is 2. The van der Waals surface area contributed by atoms with Gasteiger partial charge in [-0.3, -0.25) is 0 Å². The van der Waals surface area contributed by atoms with E-state index in [1.165, 1.54) is 0 Å². The van der Waals surface area contributed by atoms with Crippen molar-refractivity contribution in [1.82, 2.24) is 14.9 Å². The molecule has 1 aromatic carbocycles. The molecule has 0 bridgehead atoms. The lowest BCUT2D eigenvalue weighted by molar-refractivity contribution is 0.518. The van der Waals surface area contributed by atoms with Crippen molar-refractivity contribution in [3.8, 4) is 0 Å². The minimum atomic E-state index is -2.81. The molecule has 0 spiro atoms. The molecule has 1 aromatic heterocycles. The van der Waals surface area contributed by atoms with Crippen LogP contribution in [0.5, 0.6) is 0 Å². The third kappa shape index (κ3) is 3.11. The Hall–Kier alpha value is -1.40. The maximum absolute atomic E-state index is 11.5. The zero-order valence-corrected chi connectivity index (χ0v) is 13.1. The van der Waals surface area contributed by atoms with Gasteiger partial charge < -0.3 is 9.88 Å². The highest BCUT2D eigenvalue weighted by atomic mass is 32.2. The van der Waals surface area contributed by atoms with Crippen LogP contribution in [-0.2, 0) is 22.8 Å². The van der Waals surface area contributed by atoms with E-state index in [0.29, 0.717) is 5.75 Å². The summed E-state index contributed by atoms with van der Waals surface area (Å²) in [4.78, 5) is 4.64. The van der Waals surface area contributed by atoms with Gasteiger partial charge in [0, 0.05) is 25.6 Å². The molecular formula is C15H21N3O2S. The van der Waals surface area contributed by atoms with E-state index in [4.69, 9.17) is 0 Å². The lowest BCUT2D eigenvalue weighted by atomic mass is 10.2. The summed E-state index contributed by atoms with van der Waals surface area (Å²) in [5.74, 6) is 1.68. The number of hydrogen-bond donors (Lipinski definition) is 1. The van der Waals surface area contributed by atoms with Crippen molar-refractivity contribution in [2.24, 2.45) is 0 Å². The van der Waals surface area contributed by atoms with Crippen LogP contribution in [0.25, 0.3) is 11.0 Å². The Kier molecular flexibility index (Phi) is 3.99. The fourth-order valence-electron chi connectivity index (χ4n) is 2.98. The second-order valence-electron chi connectivity index (χ2n) is 5.58. The molecule has 1 saturated heterocycles. The maximum atomic E-state index is 11.5. The highest BCUT2D eigenvalue weighted by Crippen LogP contribution is 2.16. The Morgan fingerprint density at radius 2 is 2.19 bits per heavy atom. The second-order valence-corrected chi connectivity index (χ2v) is 7.80. The first-order chi connectivity index (χ1) is 10.1. The molecule has 1 atom stereocenters. The van der Waals surface area contributed by atoms with Crippen LogP contribution in [0.3, 0.4) is 0 Å². The van der Waals surface area contributed by atoms with Gasteiger partial charge in [0.25, 0.3) is 0 Å². The highest BCUT2D eigenvalue weighted by Gasteiger charge is 2.27. The molecule has 1 aliphatic heterocycles. The van der Waals surface area contributed by atoms with Gasteiger partial charge in [-0.1, -0.05) is 19.1 Å². The number of rotatable bonds is 5. The normalized spacial score (nSPS) is 21.1. The summed E-state index contributed by atoms with van der Waals surface area (Å²) in [5, 5.41) is 3.36. The molecule has 2 aromatic rings. The van der Waals surface area contributed by atoms with Crippen molar-refractivity contribution < 1.29 is 8.42 Å². The van der Waals surface area contributed by atoms with Crippen LogP contribution in [0.4, 0.5) is 0 Å². The topological polar surface area (TPSA) is 64.0 Å². The Bertz CT molecular complexity index is 736. The van der Waals surface area contributed by atoms with Gasteiger partial charge in [-0.15, -0.1) is 0 Å². The Morgan fingerprint density at radius 1 is 1.38 bits per heavy atom. The largest absolute Gasteiger partial charge is 0.327 e. The smallest absolute Gasteiger partial charge is 0.151 e. The van der Waals surface area contributed by atoms with Gasteiger partial charge in [-0.2, -0.15) is 0 Å². The van der Waals surface area contributed by atoms with E-state index in [2.05, 4.69) is 27.9 Å². The van der Waals surface area contributed by atoms with Crippen molar-refractivity contribution in [3.05, 3.63) is 30.1 Å². The van der Waals surface area contributed by atoms with E-state index in [1.807, 2.05) is 18.2 Å². The van der Waals surface area contributed by atoms with E-state index >= 15 is 0 Å². The van der Waals surface area contributed by atoms with E-state index in [1.54, 1.807) is 0 Å². The van der Waals surface area contributed by atoms with E-state index in [0.717, 1.165) is 42.8 Å². The number of sulfone groups is 1. The standard InChI is InChI=1S/C15H21N3O2S/c1-2-15-17-13-5-3-4-6-14(13)18(15)9-8-16-12-7-10-21(19,20)11-12/h3-6,12,16H,2,7-11H2,1H3. The molecular weight excluding hydrogens is 286 g/mol. The monoisotopic (exact) mass is 307 g/mol. The van der Waals surface area contributed by atoms with Crippen molar-refractivity contribution in [1.29, 1.82) is 0 Å².